The van der Waals surface area contributed by atoms with Gasteiger partial charge in [-0.2, -0.15) is 13.2 Å². The normalized spacial score (nSPS) is 19.9. The van der Waals surface area contributed by atoms with Crippen molar-refractivity contribution in [1.82, 2.24) is 14.9 Å². The zero-order valence-electron chi connectivity index (χ0n) is 15.9. The topological polar surface area (TPSA) is 76.0 Å². The maximum absolute atomic E-state index is 13.7. The lowest BCUT2D eigenvalue weighted by molar-refractivity contribution is -0.137. The number of carbonyl (C=O) groups is 2. The molecule has 1 aliphatic carbocycles. The number of anilines is 1. The van der Waals surface area contributed by atoms with Crippen LogP contribution in [0.15, 0.2) is 24.5 Å². The molecule has 160 valence electrons. The number of rotatable bonds is 3. The minimum absolute atomic E-state index is 0.0413. The molecular formula is C20H20F4N4O2. The summed E-state index contributed by atoms with van der Waals surface area (Å²) in [5.74, 6) is -1.88. The van der Waals surface area contributed by atoms with Crippen molar-refractivity contribution in [3.63, 3.8) is 0 Å². The molecule has 1 saturated carbocycles. The van der Waals surface area contributed by atoms with Crippen LogP contribution in [0.25, 0.3) is 0 Å². The van der Waals surface area contributed by atoms with E-state index in [0.717, 1.165) is 38.2 Å². The summed E-state index contributed by atoms with van der Waals surface area (Å²) in [6.07, 6.45) is 1.69. The number of amides is 2. The minimum atomic E-state index is -4.78. The Bertz CT molecular complexity index is 980. The van der Waals surface area contributed by atoms with Gasteiger partial charge in [-0.05, 0) is 37.0 Å². The molecule has 1 aromatic carbocycles. The predicted molar refractivity (Wildman–Crippen MR) is 99.0 cm³/mol. The fourth-order valence-electron chi connectivity index (χ4n) is 4.25. The molecule has 2 N–H and O–H groups in total. The van der Waals surface area contributed by atoms with Crippen LogP contribution in [-0.2, 0) is 17.5 Å². The first-order valence-electron chi connectivity index (χ1n) is 9.76. The van der Waals surface area contributed by atoms with Crippen LogP contribution in [0.1, 0.15) is 59.8 Å². The van der Waals surface area contributed by atoms with Gasteiger partial charge in [0.1, 0.15) is 12.4 Å². The number of aromatic nitrogens is 2. The van der Waals surface area contributed by atoms with Crippen molar-refractivity contribution in [2.45, 2.75) is 50.9 Å². The summed E-state index contributed by atoms with van der Waals surface area (Å²) >= 11 is 0. The van der Waals surface area contributed by atoms with Gasteiger partial charge in [0.2, 0.25) is 5.91 Å². The molecular weight excluding hydrogens is 404 g/mol. The first-order chi connectivity index (χ1) is 14.2. The molecule has 2 amide bonds. The molecule has 2 heterocycles. The monoisotopic (exact) mass is 424 g/mol. The molecule has 1 aromatic heterocycles. The minimum Gasteiger partial charge on any atom is -0.346 e. The molecule has 0 bridgehead atoms. The summed E-state index contributed by atoms with van der Waals surface area (Å²) in [5.41, 5.74) is -1.09. The second-order valence-electron chi connectivity index (χ2n) is 7.73. The molecule has 6 nitrogen and oxygen atoms in total. The van der Waals surface area contributed by atoms with Gasteiger partial charge in [-0.15, -0.1) is 0 Å². The average Bonchev–Trinajstić information content (AvgIpc) is 3.09. The van der Waals surface area contributed by atoms with Gasteiger partial charge < -0.3 is 15.2 Å². The lowest BCUT2D eigenvalue weighted by atomic mass is 9.82. The quantitative estimate of drug-likeness (QED) is 0.730. The van der Waals surface area contributed by atoms with E-state index < -0.39 is 29.0 Å². The molecule has 0 spiro atoms. The highest BCUT2D eigenvalue weighted by molar-refractivity contribution is 6.04. The van der Waals surface area contributed by atoms with Gasteiger partial charge in [-0.3, -0.25) is 9.59 Å². The molecule has 1 atom stereocenters. The van der Waals surface area contributed by atoms with Crippen molar-refractivity contribution in [3.8, 4) is 0 Å². The molecule has 2 aliphatic rings. The number of carbonyl (C=O) groups excluding carboxylic acids is 2. The van der Waals surface area contributed by atoms with E-state index in [1.807, 2.05) is 0 Å². The number of hydrogen-bond donors (Lipinski definition) is 2. The highest BCUT2D eigenvalue weighted by Crippen LogP contribution is 2.38. The summed E-state index contributed by atoms with van der Waals surface area (Å²) < 4.78 is 54.2. The van der Waals surface area contributed by atoms with E-state index in [1.165, 1.54) is 6.33 Å². The number of nitrogens with zero attached hydrogens (tertiary/aromatic N) is 2. The Morgan fingerprint density at radius 2 is 1.90 bits per heavy atom. The van der Waals surface area contributed by atoms with Crippen LogP contribution in [0.4, 0.5) is 23.4 Å². The highest BCUT2D eigenvalue weighted by Gasteiger charge is 2.36. The molecule has 0 radical (unpaired) electrons. The van der Waals surface area contributed by atoms with Crippen LogP contribution < -0.4 is 10.6 Å². The molecule has 4 rings (SSSR count). The van der Waals surface area contributed by atoms with Crippen LogP contribution in [0.3, 0.4) is 0 Å². The van der Waals surface area contributed by atoms with Crippen molar-refractivity contribution in [2.75, 3.05) is 5.32 Å². The highest BCUT2D eigenvalue weighted by atomic mass is 19.4. The zero-order valence-corrected chi connectivity index (χ0v) is 15.9. The summed E-state index contributed by atoms with van der Waals surface area (Å²) in [6.45, 7) is 0.0413. The Hall–Kier alpha value is -2.91. The van der Waals surface area contributed by atoms with Crippen molar-refractivity contribution in [2.24, 2.45) is 5.92 Å². The molecule has 1 fully saturated rings. The Balaban J connectivity index is 1.63. The molecule has 1 aliphatic heterocycles. The van der Waals surface area contributed by atoms with E-state index in [1.54, 1.807) is 4.57 Å². The fraction of sp³-hybridized carbons (Fsp3) is 0.450. The number of nitrogens with one attached hydrogen (secondary N) is 2. The van der Waals surface area contributed by atoms with E-state index in [0.29, 0.717) is 17.8 Å². The van der Waals surface area contributed by atoms with Crippen LogP contribution in [0.5, 0.6) is 0 Å². The standard InChI is InChI=1S/C20H20F4N4O2/c21-14-7-12(6-13(8-14)20(22,23)24)19(30)27-18-17-16(11-4-2-1-3-5-11)26-15(29)9-28(17)10-25-18/h6-8,10-11,16H,1-5,9H2,(H,26,29)(H,27,30). The lowest BCUT2D eigenvalue weighted by Gasteiger charge is -2.34. The third-order valence-corrected chi connectivity index (χ3v) is 5.64. The van der Waals surface area contributed by atoms with Crippen LogP contribution in [0.2, 0.25) is 0 Å². The maximum atomic E-state index is 13.7. The van der Waals surface area contributed by atoms with Crippen molar-refractivity contribution < 1.29 is 27.2 Å². The number of imidazole rings is 1. The summed E-state index contributed by atoms with van der Waals surface area (Å²) in [6, 6.07) is 1.33. The van der Waals surface area contributed by atoms with Crippen molar-refractivity contribution >= 4 is 17.6 Å². The van der Waals surface area contributed by atoms with E-state index in [4.69, 9.17) is 0 Å². The number of hydrogen-bond acceptors (Lipinski definition) is 3. The smallest absolute Gasteiger partial charge is 0.346 e. The van der Waals surface area contributed by atoms with Crippen molar-refractivity contribution in [3.05, 3.63) is 47.2 Å². The Morgan fingerprint density at radius 3 is 2.60 bits per heavy atom. The largest absolute Gasteiger partial charge is 0.416 e. The van der Waals surface area contributed by atoms with Gasteiger partial charge in [-0.1, -0.05) is 19.3 Å². The number of alkyl halides is 3. The van der Waals surface area contributed by atoms with Gasteiger partial charge >= 0.3 is 6.18 Å². The Morgan fingerprint density at radius 1 is 1.17 bits per heavy atom. The number of halogens is 4. The van der Waals surface area contributed by atoms with Gasteiger partial charge in [0.15, 0.2) is 5.82 Å². The van der Waals surface area contributed by atoms with Gasteiger partial charge in [0, 0.05) is 5.56 Å². The fourth-order valence-corrected chi connectivity index (χ4v) is 4.25. The predicted octanol–water partition coefficient (Wildman–Crippen LogP) is 4.04. The number of benzene rings is 1. The maximum Gasteiger partial charge on any atom is 0.416 e. The molecule has 10 heteroatoms. The van der Waals surface area contributed by atoms with Crippen LogP contribution in [0, 0.1) is 11.7 Å². The van der Waals surface area contributed by atoms with E-state index >= 15 is 0 Å². The van der Waals surface area contributed by atoms with Crippen LogP contribution >= 0.6 is 0 Å². The van der Waals surface area contributed by atoms with E-state index in [2.05, 4.69) is 15.6 Å². The van der Waals surface area contributed by atoms with Gasteiger partial charge in [0.05, 0.1) is 23.6 Å². The first-order valence-corrected chi connectivity index (χ1v) is 9.76. The molecule has 0 saturated heterocycles. The Kier molecular flexibility index (Phi) is 5.25. The molecule has 2 aromatic rings. The second-order valence-corrected chi connectivity index (χ2v) is 7.73. The van der Waals surface area contributed by atoms with Crippen molar-refractivity contribution in [1.29, 1.82) is 0 Å². The van der Waals surface area contributed by atoms with Gasteiger partial charge in [-0.25, -0.2) is 9.37 Å². The zero-order chi connectivity index (χ0) is 21.5. The van der Waals surface area contributed by atoms with E-state index in [-0.39, 0.29) is 30.2 Å². The van der Waals surface area contributed by atoms with Crippen LogP contribution in [-0.4, -0.2) is 21.4 Å². The third-order valence-electron chi connectivity index (χ3n) is 5.64. The van der Waals surface area contributed by atoms with E-state index in [9.17, 15) is 27.2 Å². The summed E-state index contributed by atoms with van der Waals surface area (Å²) in [4.78, 5) is 28.9. The number of fused-ring (bicyclic) bond motifs is 1. The molecule has 1 unspecified atom stereocenters. The third kappa shape index (κ3) is 4.03. The van der Waals surface area contributed by atoms with Gasteiger partial charge in [0.25, 0.3) is 5.91 Å². The Labute approximate surface area is 169 Å². The SMILES string of the molecule is O=C1Cn2cnc(NC(=O)c3cc(F)cc(C(F)(F)F)c3)c2C(C2CCCCC2)N1. The summed E-state index contributed by atoms with van der Waals surface area (Å²) in [5, 5.41) is 5.46. The molecule has 30 heavy (non-hydrogen) atoms. The summed E-state index contributed by atoms with van der Waals surface area (Å²) in [7, 11) is 0. The lowest BCUT2D eigenvalue weighted by Crippen LogP contribution is -2.42. The first kappa shape index (κ1) is 20.4. The second kappa shape index (κ2) is 7.73. The average molecular weight is 424 g/mol.